The molecule has 2 aromatic rings. The lowest BCUT2D eigenvalue weighted by Gasteiger charge is -2.32. The van der Waals surface area contributed by atoms with Gasteiger partial charge in [0.05, 0.1) is 22.4 Å². The number of aromatic nitrogens is 2. The van der Waals surface area contributed by atoms with Crippen LogP contribution >= 0.6 is 34.8 Å². The fraction of sp³-hybridized carbons (Fsp3) is 0.444. The third-order valence-electron chi connectivity index (χ3n) is 4.29. The summed E-state index contributed by atoms with van der Waals surface area (Å²) in [6, 6.07) is 5.41. The molecular weight excluding hydrogens is 395 g/mol. The van der Waals surface area contributed by atoms with Crippen LogP contribution in [0.5, 0.6) is 5.75 Å². The second-order valence-corrected chi connectivity index (χ2v) is 7.44. The monoisotopic (exact) mass is 414 g/mol. The molecule has 1 aliphatic heterocycles. The standard InChI is InChI=1S/C18H21Cl3N4O/c19-15-3-2-14(10-16(15)20)26-13-4-8-25(9-5-13)7-1-6-23-18-12-22-11-17(21)24-18/h2-3,10-13H,1,4-9H2,(H,23,24). The van der Waals surface area contributed by atoms with Crippen LogP contribution in [0.1, 0.15) is 19.3 Å². The normalized spacial score (nSPS) is 15.8. The number of ether oxygens (including phenoxy) is 1. The number of halogens is 3. The van der Waals surface area contributed by atoms with Crippen molar-refractivity contribution in [1.82, 2.24) is 14.9 Å². The van der Waals surface area contributed by atoms with Crippen molar-refractivity contribution in [3.05, 3.63) is 45.8 Å². The smallest absolute Gasteiger partial charge is 0.149 e. The van der Waals surface area contributed by atoms with Gasteiger partial charge in [0, 0.05) is 25.7 Å². The Hall–Kier alpha value is -1.27. The summed E-state index contributed by atoms with van der Waals surface area (Å²) in [4.78, 5) is 10.6. The number of hydrogen-bond donors (Lipinski definition) is 1. The Labute approximate surface area is 168 Å². The first-order chi connectivity index (χ1) is 12.6. The summed E-state index contributed by atoms with van der Waals surface area (Å²) in [7, 11) is 0. The number of nitrogens with zero attached hydrogens (tertiary/aromatic N) is 3. The van der Waals surface area contributed by atoms with E-state index < -0.39 is 0 Å². The maximum Gasteiger partial charge on any atom is 0.149 e. The van der Waals surface area contributed by atoms with Crippen LogP contribution in [0, 0.1) is 0 Å². The highest BCUT2D eigenvalue weighted by Gasteiger charge is 2.20. The first-order valence-electron chi connectivity index (χ1n) is 8.65. The van der Waals surface area contributed by atoms with Crippen LogP contribution in [0.2, 0.25) is 15.2 Å². The SMILES string of the molecule is Clc1cncc(NCCCN2CCC(Oc3ccc(Cl)c(Cl)c3)CC2)n1. The summed E-state index contributed by atoms with van der Waals surface area (Å²) >= 11 is 17.8. The second kappa shape index (κ2) is 9.60. The first-order valence-corrected chi connectivity index (χ1v) is 9.79. The van der Waals surface area contributed by atoms with Crippen molar-refractivity contribution in [2.75, 3.05) is 31.5 Å². The topological polar surface area (TPSA) is 50.3 Å². The van der Waals surface area contributed by atoms with E-state index in [1.165, 1.54) is 6.20 Å². The van der Waals surface area contributed by atoms with Crippen molar-refractivity contribution in [2.45, 2.75) is 25.4 Å². The predicted octanol–water partition coefficient (Wildman–Crippen LogP) is 4.78. The molecular formula is C18H21Cl3N4O. The van der Waals surface area contributed by atoms with Gasteiger partial charge < -0.3 is 15.0 Å². The van der Waals surface area contributed by atoms with Crippen LogP contribution in [0.15, 0.2) is 30.6 Å². The number of likely N-dealkylation sites (tertiary alicyclic amines) is 1. The zero-order valence-corrected chi connectivity index (χ0v) is 16.6. The molecule has 0 radical (unpaired) electrons. The van der Waals surface area contributed by atoms with E-state index in [1.807, 2.05) is 6.07 Å². The fourth-order valence-electron chi connectivity index (χ4n) is 2.94. The Morgan fingerprint density at radius 1 is 1.12 bits per heavy atom. The summed E-state index contributed by atoms with van der Waals surface area (Å²) in [6.45, 7) is 3.95. The van der Waals surface area contributed by atoms with Crippen LogP contribution in [-0.4, -0.2) is 47.2 Å². The van der Waals surface area contributed by atoms with E-state index in [0.29, 0.717) is 21.0 Å². The molecule has 5 nitrogen and oxygen atoms in total. The zero-order chi connectivity index (χ0) is 18.4. The van der Waals surface area contributed by atoms with Gasteiger partial charge in [0.2, 0.25) is 0 Å². The van der Waals surface area contributed by atoms with Gasteiger partial charge in [-0.3, -0.25) is 4.98 Å². The Morgan fingerprint density at radius 2 is 1.92 bits per heavy atom. The Kier molecular flexibility index (Phi) is 7.20. The fourth-order valence-corrected chi connectivity index (χ4v) is 3.38. The Balaban J connectivity index is 1.34. The quantitative estimate of drug-likeness (QED) is 0.659. The van der Waals surface area contributed by atoms with Crippen molar-refractivity contribution < 1.29 is 4.74 Å². The molecule has 3 rings (SSSR count). The number of benzene rings is 1. The predicted molar refractivity (Wildman–Crippen MR) is 107 cm³/mol. The summed E-state index contributed by atoms with van der Waals surface area (Å²) in [5.41, 5.74) is 0. The lowest BCUT2D eigenvalue weighted by Crippen LogP contribution is -2.39. The molecule has 0 bridgehead atoms. The summed E-state index contributed by atoms with van der Waals surface area (Å²) in [5.74, 6) is 1.50. The van der Waals surface area contributed by atoms with Crippen molar-refractivity contribution in [3.63, 3.8) is 0 Å². The minimum absolute atomic E-state index is 0.225. The molecule has 8 heteroatoms. The Morgan fingerprint density at radius 3 is 2.65 bits per heavy atom. The van der Waals surface area contributed by atoms with Gasteiger partial charge in [-0.2, -0.15) is 0 Å². The van der Waals surface area contributed by atoms with Crippen molar-refractivity contribution in [3.8, 4) is 5.75 Å². The zero-order valence-electron chi connectivity index (χ0n) is 14.3. The van der Waals surface area contributed by atoms with Crippen molar-refractivity contribution in [1.29, 1.82) is 0 Å². The number of nitrogens with one attached hydrogen (secondary N) is 1. The summed E-state index contributed by atoms with van der Waals surface area (Å²) < 4.78 is 6.02. The van der Waals surface area contributed by atoms with E-state index in [4.69, 9.17) is 39.5 Å². The van der Waals surface area contributed by atoms with E-state index in [-0.39, 0.29) is 6.10 Å². The maximum atomic E-state index is 6.04. The van der Waals surface area contributed by atoms with Crippen LogP contribution in [0.3, 0.4) is 0 Å². The average Bonchev–Trinajstić information content (AvgIpc) is 2.63. The van der Waals surface area contributed by atoms with Gasteiger partial charge in [-0.1, -0.05) is 34.8 Å². The Bertz CT molecular complexity index is 723. The van der Waals surface area contributed by atoms with Gasteiger partial charge in [-0.25, -0.2) is 4.98 Å². The number of piperidine rings is 1. The number of anilines is 1. The van der Waals surface area contributed by atoms with E-state index in [2.05, 4.69) is 20.2 Å². The van der Waals surface area contributed by atoms with Crippen LogP contribution in [0.4, 0.5) is 5.82 Å². The van der Waals surface area contributed by atoms with E-state index in [9.17, 15) is 0 Å². The molecule has 2 heterocycles. The van der Waals surface area contributed by atoms with Gasteiger partial charge in [0.1, 0.15) is 22.8 Å². The molecule has 1 N–H and O–H groups in total. The molecule has 0 spiro atoms. The molecule has 26 heavy (non-hydrogen) atoms. The third-order valence-corrected chi connectivity index (χ3v) is 5.21. The minimum Gasteiger partial charge on any atom is -0.490 e. The summed E-state index contributed by atoms with van der Waals surface area (Å²) in [5, 5.41) is 4.72. The van der Waals surface area contributed by atoms with Crippen molar-refractivity contribution in [2.24, 2.45) is 0 Å². The largest absolute Gasteiger partial charge is 0.490 e. The molecule has 0 amide bonds. The third kappa shape index (κ3) is 5.88. The highest BCUT2D eigenvalue weighted by molar-refractivity contribution is 6.42. The van der Waals surface area contributed by atoms with Gasteiger partial charge in [0.25, 0.3) is 0 Å². The highest BCUT2D eigenvalue weighted by atomic mass is 35.5. The van der Waals surface area contributed by atoms with Gasteiger partial charge in [-0.05, 0) is 37.9 Å². The molecule has 1 saturated heterocycles. The number of hydrogen-bond acceptors (Lipinski definition) is 5. The average molecular weight is 416 g/mol. The molecule has 0 aliphatic carbocycles. The molecule has 140 valence electrons. The van der Waals surface area contributed by atoms with E-state index >= 15 is 0 Å². The molecule has 0 saturated carbocycles. The van der Waals surface area contributed by atoms with Crippen molar-refractivity contribution >= 4 is 40.6 Å². The molecule has 0 unspecified atom stereocenters. The second-order valence-electron chi connectivity index (χ2n) is 6.24. The van der Waals surface area contributed by atoms with Gasteiger partial charge in [-0.15, -0.1) is 0 Å². The lowest BCUT2D eigenvalue weighted by atomic mass is 10.1. The lowest BCUT2D eigenvalue weighted by molar-refractivity contribution is 0.100. The maximum absolute atomic E-state index is 6.04. The molecule has 1 aliphatic rings. The van der Waals surface area contributed by atoms with Gasteiger partial charge in [0.15, 0.2) is 0 Å². The highest BCUT2D eigenvalue weighted by Crippen LogP contribution is 2.28. The summed E-state index contributed by atoms with van der Waals surface area (Å²) in [6.07, 6.45) is 6.48. The van der Waals surface area contributed by atoms with E-state index in [1.54, 1.807) is 18.3 Å². The van der Waals surface area contributed by atoms with E-state index in [0.717, 1.165) is 51.2 Å². The molecule has 1 aromatic heterocycles. The minimum atomic E-state index is 0.225. The molecule has 1 aromatic carbocycles. The van der Waals surface area contributed by atoms with Gasteiger partial charge >= 0.3 is 0 Å². The number of rotatable bonds is 7. The first kappa shape index (κ1) is 19.5. The van der Waals surface area contributed by atoms with Crippen LogP contribution < -0.4 is 10.1 Å². The van der Waals surface area contributed by atoms with Crippen LogP contribution in [0.25, 0.3) is 0 Å². The molecule has 1 fully saturated rings. The van der Waals surface area contributed by atoms with Crippen LogP contribution in [-0.2, 0) is 0 Å². The molecule has 0 atom stereocenters.